The van der Waals surface area contributed by atoms with Crippen molar-refractivity contribution in [2.45, 2.75) is 56.2 Å². The van der Waals surface area contributed by atoms with Crippen molar-refractivity contribution < 1.29 is 0 Å². The topological polar surface area (TPSA) is 0 Å². The maximum Gasteiger partial charge on any atom is 0.0426 e. The van der Waals surface area contributed by atoms with Gasteiger partial charge in [0.2, 0.25) is 0 Å². The quantitative estimate of drug-likeness (QED) is 0.637. The predicted octanol–water partition coefficient (Wildman–Crippen LogP) is 5.44. The zero-order valence-electron chi connectivity index (χ0n) is 11.6. The largest absolute Gasteiger partial charge is 0.0836 e. The molecule has 2 fully saturated rings. The van der Waals surface area contributed by atoms with Gasteiger partial charge in [-0.1, -0.05) is 40.5 Å². The van der Waals surface area contributed by atoms with Gasteiger partial charge in [-0.15, -0.1) is 0 Å². The number of rotatable bonds is 2. The van der Waals surface area contributed by atoms with Crippen LogP contribution in [0.15, 0.2) is 18.2 Å². The molecule has 0 aromatic heterocycles. The molecular weight excluding hydrogens is 296 g/mol. The van der Waals surface area contributed by atoms with E-state index in [0.717, 1.165) is 17.8 Å². The summed E-state index contributed by atoms with van der Waals surface area (Å²) < 4.78 is 0. The van der Waals surface area contributed by atoms with Gasteiger partial charge in [0.1, 0.15) is 0 Å². The van der Waals surface area contributed by atoms with Crippen LogP contribution < -0.4 is 0 Å². The third-order valence-corrected chi connectivity index (χ3v) is 7.07. The molecule has 0 N–H and O–H groups in total. The van der Waals surface area contributed by atoms with E-state index in [2.05, 4.69) is 34.1 Å². The lowest BCUT2D eigenvalue weighted by Crippen LogP contribution is -2.16. The van der Waals surface area contributed by atoms with Crippen LogP contribution in [0.3, 0.4) is 0 Å². The van der Waals surface area contributed by atoms with Crippen molar-refractivity contribution >= 4 is 15.9 Å². The van der Waals surface area contributed by atoms with Crippen molar-refractivity contribution in [3.8, 4) is 0 Å². The molecular formula is C18H23Br. The predicted molar refractivity (Wildman–Crippen MR) is 83.7 cm³/mol. The van der Waals surface area contributed by atoms with Crippen LogP contribution in [0.2, 0.25) is 0 Å². The van der Waals surface area contributed by atoms with E-state index in [1.165, 1.54) is 51.4 Å². The van der Waals surface area contributed by atoms with Gasteiger partial charge in [0.25, 0.3) is 0 Å². The van der Waals surface area contributed by atoms with Crippen LogP contribution in [-0.2, 0) is 12.8 Å². The van der Waals surface area contributed by atoms with Gasteiger partial charge in [-0.25, -0.2) is 0 Å². The smallest absolute Gasteiger partial charge is 0.0426 e. The van der Waals surface area contributed by atoms with Crippen molar-refractivity contribution in [3.05, 3.63) is 34.9 Å². The van der Waals surface area contributed by atoms with E-state index in [1.807, 2.05) is 0 Å². The van der Waals surface area contributed by atoms with Crippen molar-refractivity contribution in [3.63, 3.8) is 0 Å². The molecule has 0 saturated heterocycles. The Hall–Kier alpha value is -0.300. The van der Waals surface area contributed by atoms with E-state index in [4.69, 9.17) is 0 Å². The Labute approximate surface area is 125 Å². The zero-order chi connectivity index (χ0) is 12.8. The summed E-state index contributed by atoms with van der Waals surface area (Å²) in [5.74, 6) is 2.96. The van der Waals surface area contributed by atoms with Gasteiger partial charge in [0.15, 0.2) is 0 Å². The summed E-state index contributed by atoms with van der Waals surface area (Å²) >= 11 is 4.04. The van der Waals surface area contributed by atoms with Gasteiger partial charge < -0.3 is 0 Å². The molecule has 0 amide bonds. The summed E-state index contributed by atoms with van der Waals surface area (Å²) in [7, 11) is 0. The van der Waals surface area contributed by atoms with Crippen molar-refractivity contribution in [2.24, 2.45) is 17.8 Å². The first-order valence-corrected chi connectivity index (χ1v) is 8.98. The minimum atomic E-state index is 0.607. The highest BCUT2D eigenvalue weighted by atomic mass is 79.9. The second-order valence-electron chi connectivity index (χ2n) is 6.98. The molecule has 4 rings (SSSR count). The Morgan fingerprint density at radius 2 is 1.84 bits per heavy atom. The Bertz CT molecular complexity index is 479. The molecule has 19 heavy (non-hydrogen) atoms. The molecule has 1 aromatic carbocycles. The number of alkyl halides is 1. The first-order valence-electron chi connectivity index (χ1n) is 8.07. The molecule has 0 radical (unpaired) electrons. The minimum absolute atomic E-state index is 0.607. The molecule has 0 heterocycles. The number of fused-ring (bicyclic) bond motifs is 3. The highest BCUT2D eigenvalue weighted by molar-refractivity contribution is 9.09. The zero-order valence-corrected chi connectivity index (χ0v) is 13.2. The number of aryl methyl sites for hydroxylation is 2. The van der Waals surface area contributed by atoms with Crippen LogP contribution in [0.1, 0.15) is 60.0 Å². The maximum absolute atomic E-state index is 4.04. The fourth-order valence-electron chi connectivity index (χ4n) is 4.82. The maximum atomic E-state index is 4.04. The Morgan fingerprint density at radius 3 is 2.58 bits per heavy atom. The number of halogens is 1. The highest BCUT2D eigenvalue weighted by Crippen LogP contribution is 2.55. The van der Waals surface area contributed by atoms with E-state index >= 15 is 0 Å². The third-order valence-electron chi connectivity index (χ3n) is 5.86. The Morgan fingerprint density at radius 1 is 1.00 bits per heavy atom. The minimum Gasteiger partial charge on any atom is -0.0836 e. The van der Waals surface area contributed by atoms with Crippen LogP contribution in [0.5, 0.6) is 0 Å². The molecule has 4 atom stereocenters. The summed E-state index contributed by atoms with van der Waals surface area (Å²) in [6.45, 7) is 0. The summed E-state index contributed by atoms with van der Waals surface area (Å²) in [6, 6.07) is 7.32. The molecule has 0 nitrogen and oxygen atoms in total. The lowest BCUT2D eigenvalue weighted by Gasteiger charge is -2.28. The molecule has 4 unspecified atom stereocenters. The van der Waals surface area contributed by atoms with Gasteiger partial charge in [0.05, 0.1) is 0 Å². The number of hydrogen-bond donors (Lipinski definition) is 0. The highest BCUT2D eigenvalue weighted by Gasteiger charge is 2.42. The lowest BCUT2D eigenvalue weighted by atomic mass is 9.82. The first-order chi connectivity index (χ1) is 9.31. The molecule has 1 heteroatoms. The molecule has 2 bridgehead atoms. The third kappa shape index (κ3) is 2.18. The Kier molecular flexibility index (Phi) is 3.22. The number of hydrogen-bond acceptors (Lipinski definition) is 0. The molecule has 3 aliphatic carbocycles. The van der Waals surface area contributed by atoms with Crippen LogP contribution >= 0.6 is 15.9 Å². The average molecular weight is 319 g/mol. The van der Waals surface area contributed by atoms with Gasteiger partial charge in [0, 0.05) is 4.83 Å². The van der Waals surface area contributed by atoms with Gasteiger partial charge in [-0.05, 0) is 79.4 Å². The van der Waals surface area contributed by atoms with Crippen molar-refractivity contribution in [1.29, 1.82) is 0 Å². The second-order valence-corrected chi connectivity index (χ2v) is 7.96. The normalized spacial score (nSPS) is 34.3. The molecule has 2 saturated carbocycles. The van der Waals surface area contributed by atoms with Crippen LogP contribution in [0.25, 0.3) is 0 Å². The molecule has 0 aliphatic heterocycles. The second kappa shape index (κ2) is 4.91. The molecule has 3 aliphatic rings. The van der Waals surface area contributed by atoms with E-state index in [0.29, 0.717) is 4.83 Å². The van der Waals surface area contributed by atoms with Crippen LogP contribution in [-0.4, -0.2) is 0 Å². The average Bonchev–Trinajstić information content (AvgIpc) is 3.08. The fraction of sp³-hybridized carbons (Fsp3) is 0.667. The fourth-order valence-corrected chi connectivity index (χ4v) is 5.76. The Balaban J connectivity index is 1.58. The summed E-state index contributed by atoms with van der Waals surface area (Å²) in [5.41, 5.74) is 4.80. The van der Waals surface area contributed by atoms with E-state index < -0.39 is 0 Å². The SMILES string of the molecule is BrC(c1ccc2c(c1)CCCC2)C1CC2CCC1C2. The first kappa shape index (κ1) is 12.4. The number of benzene rings is 1. The molecule has 0 spiro atoms. The van der Waals surface area contributed by atoms with Gasteiger partial charge in [-0.2, -0.15) is 0 Å². The van der Waals surface area contributed by atoms with Crippen molar-refractivity contribution in [2.75, 3.05) is 0 Å². The summed E-state index contributed by atoms with van der Waals surface area (Å²) in [4.78, 5) is 0.607. The monoisotopic (exact) mass is 318 g/mol. The molecule has 1 aromatic rings. The van der Waals surface area contributed by atoms with E-state index in [1.54, 1.807) is 16.7 Å². The van der Waals surface area contributed by atoms with Crippen molar-refractivity contribution in [1.82, 2.24) is 0 Å². The van der Waals surface area contributed by atoms with Crippen LogP contribution in [0, 0.1) is 17.8 Å². The van der Waals surface area contributed by atoms with Crippen LogP contribution in [0.4, 0.5) is 0 Å². The van der Waals surface area contributed by atoms with E-state index in [-0.39, 0.29) is 0 Å². The van der Waals surface area contributed by atoms with Gasteiger partial charge >= 0.3 is 0 Å². The van der Waals surface area contributed by atoms with E-state index in [9.17, 15) is 0 Å². The lowest BCUT2D eigenvalue weighted by molar-refractivity contribution is 0.329. The molecule has 102 valence electrons. The van der Waals surface area contributed by atoms with Gasteiger partial charge in [-0.3, -0.25) is 0 Å². The standard InChI is InChI=1S/C18H23Br/c19-18(17-10-12-5-6-15(17)9-12)16-8-7-13-3-1-2-4-14(13)11-16/h7-8,11-12,15,17-18H,1-6,9-10H2. The summed E-state index contributed by atoms with van der Waals surface area (Å²) in [6.07, 6.45) is 11.4. The summed E-state index contributed by atoms with van der Waals surface area (Å²) in [5, 5.41) is 0.